The number of halogens is 1. The Labute approximate surface area is 166 Å². The third-order valence-electron chi connectivity index (χ3n) is 3.67. The summed E-state index contributed by atoms with van der Waals surface area (Å²) in [4.78, 5) is 21.8. The van der Waals surface area contributed by atoms with Crippen molar-refractivity contribution in [1.82, 2.24) is 9.97 Å². The minimum absolute atomic E-state index is 0. The van der Waals surface area contributed by atoms with Gasteiger partial charge in [0.05, 0.1) is 0 Å². The molecule has 1 heterocycles. The predicted molar refractivity (Wildman–Crippen MR) is 110 cm³/mol. The summed E-state index contributed by atoms with van der Waals surface area (Å²) in [5, 5.41) is 3.68. The number of carbonyl (C=O) groups excluding carboxylic acids is 1. The minimum Gasteiger partial charge on any atom is -0.330 e. The van der Waals surface area contributed by atoms with Gasteiger partial charge in [0.2, 0.25) is 5.91 Å². The summed E-state index contributed by atoms with van der Waals surface area (Å²) in [6.45, 7) is 4.66. The van der Waals surface area contributed by atoms with Crippen molar-refractivity contribution in [2.24, 2.45) is 5.73 Å². The Morgan fingerprint density at radius 2 is 1.65 bits per heavy atom. The molecule has 142 valence electrons. The van der Waals surface area contributed by atoms with Crippen LogP contribution in [0.25, 0.3) is 0 Å². The molecule has 1 amide bonds. The second-order valence-electron chi connectivity index (χ2n) is 6.06. The lowest BCUT2D eigenvalue weighted by molar-refractivity contribution is -0.116. The molecule has 5 nitrogen and oxygen atoms in total. The lowest BCUT2D eigenvalue weighted by atomic mass is 10.1. The van der Waals surface area contributed by atoms with Crippen LogP contribution in [0.3, 0.4) is 0 Å². The highest BCUT2D eigenvalue weighted by Crippen LogP contribution is 2.26. The molecular weight excluding hydrogens is 368 g/mol. The first-order valence-electron chi connectivity index (χ1n) is 8.67. The molecule has 0 bridgehead atoms. The number of benzene rings is 1. The third kappa shape index (κ3) is 8.17. The van der Waals surface area contributed by atoms with Gasteiger partial charge in [-0.1, -0.05) is 12.8 Å². The number of nitrogens with one attached hydrogen (secondary N) is 1. The van der Waals surface area contributed by atoms with E-state index in [9.17, 15) is 4.79 Å². The fraction of sp³-hybridized carbons (Fsp3) is 0.421. The van der Waals surface area contributed by atoms with E-state index < -0.39 is 0 Å². The molecule has 3 N–H and O–H groups in total. The largest absolute Gasteiger partial charge is 0.330 e. The first kappa shape index (κ1) is 22.4. The van der Waals surface area contributed by atoms with Crippen molar-refractivity contribution >= 4 is 35.8 Å². The summed E-state index contributed by atoms with van der Waals surface area (Å²) in [5.74, 6) is 0.0609. The van der Waals surface area contributed by atoms with Crippen LogP contribution >= 0.6 is 24.2 Å². The molecule has 2 rings (SSSR count). The van der Waals surface area contributed by atoms with Crippen molar-refractivity contribution in [2.75, 3.05) is 11.9 Å². The maximum atomic E-state index is 11.9. The van der Waals surface area contributed by atoms with Crippen LogP contribution < -0.4 is 11.1 Å². The van der Waals surface area contributed by atoms with E-state index in [0.717, 1.165) is 59.4 Å². The van der Waals surface area contributed by atoms with Gasteiger partial charge in [-0.2, -0.15) is 0 Å². The van der Waals surface area contributed by atoms with Crippen molar-refractivity contribution in [3.63, 3.8) is 0 Å². The monoisotopic (exact) mass is 394 g/mol. The number of carbonyl (C=O) groups is 1. The fourth-order valence-corrected chi connectivity index (χ4v) is 3.32. The van der Waals surface area contributed by atoms with Gasteiger partial charge in [-0.15, -0.1) is 12.4 Å². The molecule has 0 saturated carbocycles. The first-order valence-corrected chi connectivity index (χ1v) is 9.48. The quantitative estimate of drug-likeness (QED) is 0.483. The van der Waals surface area contributed by atoms with Crippen molar-refractivity contribution in [1.29, 1.82) is 0 Å². The summed E-state index contributed by atoms with van der Waals surface area (Å²) >= 11 is 1.52. The Bertz CT molecular complexity index is 674. The molecule has 0 spiro atoms. The van der Waals surface area contributed by atoms with Crippen LogP contribution in [0.5, 0.6) is 0 Å². The van der Waals surface area contributed by atoms with E-state index in [4.69, 9.17) is 5.73 Å². The Hall–Kier alpha value is -1.63. The second kappa shape index (κ2) is 11.9. The summed E-state index contributed by atoms with van der Waals surface area (Å²) in [5.41, 5.74) is 8.20. The highest BCUT2D eigenvalue weighted by atomic mass is 35.5. The molecule has 0 aliphatic carbocycles. The number of amides is 1. The van der Waals surface area contributed by atoms with Crippen LogP contribution in [0.1, 0.15) is 43.5 Å². The Morgan fingerprint density at radius 3 is 2.27 bits per heavy atom. The summed E-state index contributed by atoms with van der Waals surface area (Å²) in [6.07, 6.45) is 4.64. The number of hydrogen-bond donors (Lipinski definition) is 2. The van der Waals surface area contributed by atoms with Crippen LogP contribution in [-0.2, 0) is 4.79 Å². The van der Waals surface area contributed by atoms with E-state index in [0.29, 0.717) is 6.42 Å². The molecule has 0 fully saturated rings. The van der Waals surface area contributed by atoms with Crippen LogP contribution in [0.2, 0.25) is 0 Å². The number of hydrogen-bond acceptors (Lipinski definition) is 5. The molecule has 0 saturated heterocycles. The van der Waals surface area contributed by atoms with Crippen LogP contribution in [0, 0.1) is 13.8 Å². The lowest BCUT2D eigenvalue weighted by Gasteiger charge is -2.07. The first-order chi connectivity index (χ1) is 12.1. The molecule has 2 aromatic rings. The number of aryl methyl sites for hydroxylation is 2. The van der Waals surface area contributed by atoms with E-state index in [1.165, 1.54) is 11.8 Å². The Kier molecular flexibility index (Phi) is 10.2. The Morgan fingerprint density at radius 1 is 1.04 bits per heavy atom. The molecule has 7 heteroatoms. The van der Waals surface area contributed by atoms with Gasteiger partial charge in [0.15, 0.2) is 5.16 Å². The van der Waals surface area contributed by atoms with Crippen LogP contribution in [0.4, 0.5) is 5.69 Å². The SMILES string of the molecule is Cc1cc(C)nc(Sc2ccc(NC(=O)CCCCCCN)cc2)n1.Cl. The number of nitrogens with two attached hydrogens (primary N) is 1. The van der Waals surface area contributed by atoms with E-state index in [-0.39, 0.29) is 18.3 Å². The van der Waals surface area contributed by atoms with E-state index >= 15 is 0 Å². The van der Waals surface area contributed by atoms with E-state index in [1.54, 1.807) is 0 Å². The van der Waals surface area contributed by atoms with Gasteiger partial charge in [-0.3, -0.25) is 4.79 Å². The van der Waals surface area contributed by atoms with E-state index in [1.807, 2.05) is 44.2 Å². The molecular formula is C19H27ClN4OS. The fourth-order valence-electron chi connectivity index (χ4n) is 2.46. The van der Waals surface area contributed by atoms with E-state index in [2.05, 4.69) is 15.3 Å². The van der Waals surface area contributed by atoms with Gasteiger partial charge >= 0.3 is 0 Å². The number of anilines is 1. The molecule has 0 aliphatic heterocycles. The smallest absolute Gasteiger partial charge is 0.224 e. The van der Waals surface area contributed by atoms with Crippen LogP contribution in [0.15, 0.2) is 40.4 Å². The molecule has 0 radical (unpaired) electrons. The van der Waals surface area contributed by atoms with Crippen LogP contribution in [-0.4, -0.2) is 22.4 Å². The molecule has 26 heavy (non-hydrogen) atoms. The summed E-state index contributed by atoms with van der Waals surface area (Å²) in [7, 11) is 0. The normalized spacial score (nSPS) is 10.3. The minimum atomic E-state index is 0. The topological polar surface area (TPSA) is 80.9 Å². The number of nitrogens with zero attached hydrogens (tertiary/aromatic N) is 2. The summed E-state index contributed by atoms with van der Waals surface area (Å²) < 4.78 is 0. The number of unbranched alkanes of at least 4 members (excludes halogenated alkanes) is 3. The molecule has 1 aromatic carbocycles. The van der Waals surface area contributed by atoms with Gasteiger partial charge in [0.1, 0.15) is 0 Å². The standard InChI is InChI=1S/C19H26N4OS.ClH/c1-14-13-15(2)22-19(21-14)25-17-10-8-16(9-11-17)23-18(24)7-5-3-4-6-12-20;/h8-11,13H,3-7,12,20H2,1-2H3,(H,23,24);1H. The predicted octanol–water partition coefficient (Wildman–Crippen LogP) is 4.51. The maximum Gasteiger partial charge on any atom is 0.224 e. The zero-order valence-electron chi connectivity index (χ0n) is 15.3. The Balaban J connectivity index is 0.00000338. The van der Waals surface area contributed by atoms with Crippen molar-refractivity contribution in [2.45, 2.75) is 56.0 Å². The molecule has 0 unspecified atom stereocenters. The average Bonchev–Trinajstić information content (AvgIpc) is 2.55. The van der Waals surface area contributed by atoms with Gasteiger partial charge in [0.25, 0.3) is 0 Å². The molecule has 0 atom stereocenters. The zero-order valence-corrected chi connectivity index (χ0v) is 17.0. The van der Waals surface area contributed by atoms with Crippen molar-refractivity contribution < 1.29 is 4.79 Å². The average molecular weight is 395 g/mol. The number of rotatable bonds is 9. The highest BCUT2D eigenvalue weighted by Gasteiger charge is 2.05. The van der Waals surface area contributed by atoms with Crippen molar-refractivity contribution in [3.05, 3.63) is 41.7 Å². The summed E-state index contributed by atoms with van der Waals surface area (Å²) in [6, 6.07) is 9.73. The zero-order chi connectivity index (χ0) is 18.1. The van der Waals surface area contributed by atoms with Gasteiger partial charge in [-0.05, 0) is 75.3 Å². The van der Waals surface area contributed by atoms with Crippen molar-refractivity contribution in [3.8, 4) is 0 Å². The third-order valence-corrected chi connectivity index (χ3v) is 4.54. The van der Waals surface area contributed by atoms with Gasteiger partial charge < -0.3 is 11.1 Å². The van der Waals surface area contributed by atoms with Gasteiger partial charge in [-0.25, -0.2) is 9.97 Å². The number of aromatic nitrogens is 2. The van der Waals surface area contributed by atoms with Gasteiger partial charge in [0, 0.05) is 28.4 Å². The second-order valence-corrected chi connectivity index (χ2v) is 7.10. The highest BCUT2D eigenvalue weighted by molar-refractivity contribution is 7.99. The lowest BCUT2D eigenvalue weighted by Crippen LogP contribution is -2.11. The molecule has 1 aromatic heterocycles. The maximum absolute atomic E-state index is 11.9. The molecule has 0 aliphatic rings.